The molecule has 0 spiro atoms. The van der Waals surface area contributed by atoms with Crippen molar-refractivity contribution in [1.29, 1.82) is 0 Å². The van der Waals surface area contributed by atoms with E-state index in [-0.39, 0.29) is 106 Å². The molecular formula is C111H121N19O14. The molecule has 744 valence electrons. The van der Waals surface area contributed by atoms with Gasteiger partial charge in [-0.3, -0.25) is 58.8 Å². The molecule has 15 aromatic rings. The number of nitrogens with zero attached hydrogens (tertiary/aromatic N) is 12. The number of hydrogen-bond acceptors (Lipinski definition) is 22. The Kier molecular flexibility index (Phi) is 29.5. The van der Waals surface area contributed by atoms with Gasteiger partial charge in [0.25, 0.3) is 63.1 Å². The summed E-state index contributed by atoms with van der Waals surface area (Å²) in [6.07, 6.45) is 25.5. The van der Waals surface area contributed by atoms with Crippen molar-refractivity contribution >= 4 is 52.6 Å². The van der Waals surface area contributed by atoms with Crippen molar-refractivity contribution < 1.29 is 47.7 Å². The van der Waals surface area contributed by atoms with E-state index in [1.807, 2.05) is 182 Å². The van der Waals surface area contributed by atoms with E-state index < -0.39 is 33.9 Å². The molecule has 7 aliphatic carbocycles. The minimum atomic E-state index is -1.09. The molecule has 22 rings (SSSR count). The fourth-order valence-corrected chi connectivity index (χ4v) is 21.0. The number of aryl methyl sites for hydroxylation is 2. The Bertz CT molecular complexity index is 7310. The summed E-state index contributed by atoms with van der Waals surface area (Å²) in [5, 5.41) is 21.8. The van der Waals surface area contributed by atoms with Crippen LogP contribution < -0.4 is 38.2 Å². The smallest absolute Gasteiger partial charge is 0.331 e. The quantitative estimate of drug-likeness (QED) is 0.0214. The van der Waals surface area contributed by atoms with E-state index in [0.29, 0.717) is 123 Å². The summed E-state index contributed by atoms with van der Waals surface area (Å²) in [5.74, 6) is 2.65. The van der Waals surface area contributed by atoms with Gasteiger partial charge in [-0.05, 0) is 125 Å². The highest BCUT2D eigenvalue weighted by Crippen LogP contribution is 2.50. The molecular weight excluding hydrogens is 1820 g/mol. The Hall–Kier alpha value is -14.7. The van der Waals surface area contributed by atoms with Crippen molar-refractivity contribution in [3.05, 3.63) is 317 Å². The van der Waals surface area contributed by atoms with Crippen LogP contribution in [0.3, 0.4) is 0 Å². The molecule has 0 atom stereocenters. The average molecular weight is 1950 g/mol. The third-order valence-corrected chi connectivity index (χ3v) is 29.4. The second-order valence-electron chi connectivity index (χ2n) is 39.3. The van der Waals surface area contributed by atoms with Crippen LogP contribution in [0, 0.1) is 6.92 Å². The van der Waals surface area contributed by atoms with Crippen molar-refractivity contribution in [1.82, 2.24) is 94.3 Å². The second-order valence-corrected chi connectivity index (χ2v) is 39.3. The number of benzene rings is 7. The summed E-state index contributed by atoms with van der Waals surface area (Å²) in [6, 6.07) is 72.4. The summed E-state index contributed by atoms with van der Waals surface area (Å²) < 4.78 is 35.7. The van der Waals surface area contributed by atoms with Gasteiger partial charge in [-0.2, -0.15) is 38.0 Å². The fourth-order valence-electron chi connectivity index (χ4n) is 21.0. The van der Waals surface area contributed by atoms with E-state index in [9.17, 15) is 43.2 Å². The number of carbonyl (C=O) groups is 5. The number of ether oxygens (including phenoxy) is 5. The summed E-state index contributed by atoms with van der Waals surface area (Å²) in [7, 11) is 1.36. The number of methoxy groups -OCH3 is 1. The van der Waals surface area contributed by atoms with Crippen LogP contribution in [0.4, 0.5) is 0 Å². The van der Waals surface area contributed by atoms with Gasteiger partial charge in [0.1, 0.15) is 27.9 Å². The first-order valence-electron chi connectivity index (χ1n) is 50.6. The lowest BCUT2D eigenvalue weighted by molar-refractivity contribution is -0.164. The lowest BCUT2D eigenvalue weighted by Crippen LogP contribution is -2.62. The van der Waals surface area contributed by atoms with E-state index >= 15 is 0 Å². The maximum Gasteiger partial charge on any atom is 0.331 e. The monoisotopic (exact) mass is 1940 g/mol. The van der Waals surface area contributed by atoms with Crippen molar-refractivity contribution in [2.45, 2.75) is 271 Å². The number of aromatic nitrogens is 16. The van der Waals surface area contributed by atoms with E-state index in [2.05, 4.69) is 107 Å². The number of amides is 3. The minimum Gasteiger partial charge on any atom is -0.467 e. The molecule has 0 saturated heterocycles. The van der Waals surface area contributed by atoms with Gasteiger partial charge in [0.2, 0.25) is 0 Å². The number of hydrogen-bond donors (Lipinski definition) is 7. The van der Waals surface area contributed by atoms with Crippen LogP contribution in [-0.4, -0.2) is 143 Å². The highest BCUT2D eigenvalue weighted by molar-refractivity contribution is 5.93. The van der Waals surface area contributed by atoms with Crippen LogP contribution in [0.5, 0.6) is 0 Å². The fraction of sp³-hybridized carbons (Fsp3) is 0.396. The second kappa shape index (κ2) is 43.3. The third kappa shape index (κ3) is 21.9. The Morgan fingerprint density at radius 1 is 0.319 bits per heavy atom. The molecule has 33 nitrogen and oxygen atoms in total. The van der Waals surface area contributed by atoms with Crippen LogP contribution in [0.2, 0.25) is 0 Å². The molecule has 0 radical (unpaired) electrons. The topological polar surface area (TPSA) is 420 Å². The molecule has 7 saturated carbocycles. The molecule has 7 N–H and O–H groups in total. The minimum absolute atomic E-state index is 0.0160. The number of esters is 1. The molecule has 0 aliphatic heterocycles. The molecule has 7 aliphatic rings. The van der Waals surface area contributed by atoms with Crippen LogP contribution in [0.25, 0.3) is 68.7 Å². The lowest BCUT2D eigenvalue weighted by atomic mass is 9.79. The Morgan fingerprint density at radius 2 is 0.604 bits per heavy atom. The van der Waals surface area contributed by atoms with Crippen molar-refractivity contribution in [2.24, 2.45) is 0 Å². The van der Waals surface area contributed by atoms with Crippen LogP contribution in [0.1, 0.15) is 238 Å². The predicted molar refractivity (Wildman–Crippen MR) is 540 cm³/mol. The van der Waals surface area contributed by atoms with E-state index in [1.54, 1.807) is 0 Å². The van der Waals surface area contributed by atoms with Crippen molar-refractivity contribution in [3.8, 4) is 45.6 Å². The number of aromatic amines is 4. The standard InChI is InChI=1S/C29H31N5O3.C28H29N5O3.C27H33N5O5.C27H28N4O3/c1-20-10-6-7-13-23(20)28(16-17-28)32-26(36)29(14-8-3-9-15-29)37-19-22-18-24(35)34-27(30-22)31-25(33-34)21-11-4-2-5-12-21;34-23-18-22(29-26-30-24(32-33(23)26)20-10-4-1-5-11-20)19-36-28(14-8-3-9-15-28)25(35)31-27(16-17-27)21-12-6-2-7-13-21;1-36-24(35)26(13-7-3-8-14-26)30-23(34)27(15-9-4-10-16-27)37-18-20-17-21(33)32-25(28-20)29-22(31-32)19-11-5-2-6-12-19;32-23(15-14-20-10-4-1-5-11-20)27(16-8-3-9-17-27)34-19-22-18-24(33)31-26(28-22)29-25(30-31)21-12-6-2-7-13-21/h2,4-7,10-13,18H,3,8-9,14-17,19H2,1H3,(H,32,36)(H,30,31,33);1-2,4-7,10-13,18H,3,8-9,14-17,19H2,(H,31,35)(H,29,30,32);2,5-6,11-12,17H,3-4,7-10,13-16,18H2,1H3,(H,30,34)(H,28,29,31);1-2,4-7,10-13,18H,3,8-9,14-17,19H2,(H,28,29,30). The zero-order chi connectivity index (χ0) is 99.3. The van der Waals surface area contributed by atoms with E-state index in [0.717, 1.165) is 155 Å². The van der Waals surface area contributed by atoms with Gasteiger partial charge in [0.05, 0.1) is 67.4 Å². The molecule has 8 heterocycles. The predicted octanol–water partition coefficient (Wildman–Crippen LogP) is 16.3. The van der Waals surface area contributed by atoms with Gasteiger partial charge in [-0.25, -0.2) is 24.7 Å². The Morgan fingerprint density at radius 3 is 0.931 bits per heavy atom. The van der Waals surface area contributed by atoms with Gasteiger partial charge in [0.15, 0.2) is 29.1 Å². The van der Waals surface area contributed by atoms with Crippen LogP contribution in [0.15, 0.2) is 250 Å². The highest BCUT2D eigenvalue weighted by atomic mass is 16.5. The summed E-state index contributed by atoms with van der Waals surface area (Å²) in [5.41, 5.74) is 3.43. The van der Waals surface area contributed by atoms with E-state index in [1.165, 1.54) is 60.6 Å². The van der Waals surface area contributed by atoms with Crippen molar-refractivity contribution in [2.75, 3.05) is 7.11 Å². The summed E-state index contributed by atoms with van der Waals surface area (Å²) in [6.45, 7) is 2.33. The zero-order valence-electron chi connectivity index (χ0n) is 81.3. The molecule has 8 aromatic heterocycles. The normalized spacial score (nSPS) is 17.6. The first kappa shape index (κ1) is 98.1. The zero-order valence-corrected chi connectivity index (χ0v) is 81.3. The molecule has 0 unspecified atom stereocenters. The van der Waals surface area contributed by atoms with Gasteiger partial charge >= 0.3 is 5.97 Å². The number of H-pyrrole nitrogens is 4. The van der Waals surface area contributed by atoms with Gasteiger partial charge < -0.3 is 39.6 Å². The SMILES string of the molecule is COC(=O)C1(NC(=O)C2(OCc3cc(=O)n4[nH]c(-c5ccccc5)nc4n3)CCCCC2)CCCCC1.Cc1ccccc1C1(NC(=O)C2(OCc3cc(=O)n4[nH]c(-c5ccccc5)nc4n3)CCCCC2)CC1.O=C(CCc1ccccc1)C1(OCc2cc(=O)n3[nH]c(-c4ccccc4)nc3n2)CCCCC1.O=C(NC1(c2ccccc2)CC1)C1(OCc2cc(=O)n3[nH]c(-c4ccccc4)nc3n2)CCCCC1. The number of fused-ring (bicyclic) bond motifs is 4. The van der Waals surface area contributed by atoms with Crippen molar-refractivity contribution in [3.63, 3.8) is 0 Å². The lowest BCUT2D eigenvalue weighted by Gasteiger charge is -2.41. The number of Topliss-reactive ketones (excluding diaryl/α,β-unsaturated/α-hetero) is 1. The number of carbonyl (C=O) groups excluding carboxylic acids is 5. The Labute approximate surface area is 831 Å². The molecule has 33 heteroatoms. The van der Waals surface area contributed by atoms with Gasteiger partial charge in [-0.15, -0.1) is 0 Å². The number of rotatable bonds is 29. The molecule has 7 aromatic carbocycles. The van der Waals surface area contributed by atoms with Gasteiger partial charge in [-0.1, -0.05) is 303 Å². The largest absolute Gasteiger partial charge is 0.467 e. The van der Waals surface area contributed by atoms with E-state index in [4.69, 9.17) is 23.7 Å². The third-order valence-electron chi connectivity index (χ3n) is 29.4. The summed E-state index contributed by atoms with van der Waals surface area (Å²) in [4.78, 5) is 154. The number of nitrogens with one attached hydrogen (secondary N) is 7. The maximum atomic E-state index is 13.8. The maximum absolute atomic E-state index is 13.8. The van der Waals surface area contributed by atoms with Gasteiger partial charge in [0, 0.05) is 52.9 Å². The number of ketones is 1. The summed E-state index contributed by atoms with van der Waals surface area (Å²) >= 11 is 0. The Balaban J connectivity index is 0.000000122. The van der Waals surface area contributed by atoms with Crippen LogP contribution in [-0.2, 0) is 91.6 Å². The molecule has 0 bridgehead atoms. The molecule has 3 amide bonds. The molecule has 144 heavy (non-hydrogen) atoms. The molecule has 7 fully saturated rings. The highest BCUT2D eigenvalue weighted by Gasteiger charge is 2.54. The first-order chi connectivity index (χ1) is 70.1. The first-order valence-corrected chi connectivity index (χ1v) is 50.6. The van der Waals surface area contributed by atoms with Crippen LogP contribution >= 0.6 is 0 Å². The average Bonchev–Trinajstić information content (AvgIpc) is 1.59.